The lowest BCUT2D eigenvalue weighted by molar-refractivity contribution is 0.584. The Morgan fingerprint density at radius 2 is 1.85 bits per heavy atom. The van der Waals surface area contributed by atoms with Gasteiger partial charge in [-0.15, -0.1) is 0 Å². The van der Waals surface area contributed by atoms with Crippen molar-refractivity contribution in [3.8, 4) is 11.3 Å². The third-order valence-electron chi connectivity index (χ3n) is 3.61. The standard InChI is InChI=1S/C18H12Cl2F2N4S/c19-15-12(21)3-4-13(16(15)20)26-18(27)25-9-11-2-1-6-24-17(11)10-5-7-23-14(22)8-10/h1-8H,9H2,(H2,25,26,27). The number of thiocarbonyl (C=S) groups is 1. The number of hydrogen-bond donors (Lipinski definition) is 2. The van der Waals surface area contributed by atoms with E-state index in [1.54, 1.807) is 18.3 Å². The summed E-state index contributed by atoms with van der Waals surface area (Å²) in [6.45, 7) is 0.325. The number of nitrogens with zero attached hydrogens (tertiary/aromatic N) is 2. The Labute approximate surface area is 169 Å². The maximum Gasteiger partial charge on any atom is 0.213 e. The van der Waals surface area contributed by atoms with E-state index in [-0.39, 0.29) is 15.2 Å². The normalized spacial score (nSPS) is 10.5. The molecule has 0 aliphatic carbocycles. The summed E-state index contributed by atoms with van der Waals surface area (Å²) in [7, 11) is 0. The smallest absolute Gasteiger partial charge is 0.213 e. The van der Waals surface area contributed by atoms with Crippen molar-refractivity contribution < 1.29 is 8.78 Å². The van der Waals surface area contributed by atoms with E-state index < -0.39 is 11.8 Å². The van der Waals surface area contributed by atoms with Gasteiger partial charge in [0.2, 0.25) is 5.95 Å². The molecule has 3 rings (SSSR count). The SMILES string of the molecule is Fc1cc(-c2ncccc2CNC(=S)Nc2ccc(F)c(Cl)c2Cl)ccn1. The van der Waals surface area contributed by atoms with Gasteiger partial charge in [-0.3, -0.25) is 4.98 Å². The molecule has 0 saturated carbocycles. The minimum atomic E-state index is -0.615. The minimum absolute atomic E-state index is 0.0372. The van der Waals surface area contributed by atoms with Gasteiger partial charge in [-0.2, -0.15) is 4.39 Å². The zero-order valence-corrected chi connectivity index (χ0v) is 16.0. The van der Waals surface area contributed by atoms with E-state index in [4.69, 9.17) is 35.4 Å². The Morgan fingerprint density at radius 1 is 1.04 bits per heavy atom. The van der Waals surface area contributed by atoms with Gasteiger partial charge in [-0.25, -0.2) is 9.37 Å². The summed E-state index contributed by atoms with van der Waals surface area (Å²) < 4.78 is 26.8. The summed E-state index contributed by atoms with van der Waals surface area (Å²) in [5, 5.41) is 5.99. The second kappa shape index (κ2) is 8.56. The molecule has 0 fully saturated rings. The van der Waals surface area contributed by atoms with Crippen LogP contribution >= 0.6 is 35.4 Å². The van der Waals surface area contributed by atoms with Crippen LogP contribution in [0.15, 0.2) is 48.8 Å². The van der Waals surface area contributed by atoms with Gasteiger partial charge in [0, 0.05) is 30.6 Å². The summed E-state index contributed by atoms with van der Waals surface area (Å²) in [6.07, 6.45) is 3.00. The number of rotatable bonds is 4. The fraction of sp³-hybridized carbons (Fsp3) is 0.0556. The molecule has 0 unspecified atom stereocenters. The molecule has 0 aliphatic heterocycles. The first kappa shape index (κ1) is 19.4. The van der Waals surface area contributed by atoms with Crippen LogP contribution in [0, 0.1) is 11.8 Å². The van der Waals surface area contributed by atoms with Crippen molar-refractivity contribution in [3.05, 3.63) is 76.2 Å². The zero-order chi connectivity index (χ0) is 19.4. The van der Waals surface area contributed by atoms with Gasteiger partial charge in [-0.05, 0) is 42.0 Å². The molecule has 0 saturated heterocycles. The van der Waals surface area contributed by atoms with Crippen LogP contribution in [0.4, 0.5) is 14.5 Å². The molecule has 2 N–H and O–H groups in total. The molecular weight excluding hydrogens is 413 g/mol. The van der Waals surface area contributed by atoms with E-state index >= 15 is 0 Å². The summed E-state index contributed by atoms with van der Waals surface area (Å²) in [4.78, 5) is 7.86. The Morgan fingerprint density at radius 3 is 2.63 bits per heavy atom. The lowest BCUT2D eigenvalue weighted by atomic mass is 10.1. The van der Waals surface area contributed by atoms with E-state index in [1.807, 2.05) is 6.07 Å². The number of anilines is 1. The van der Waals surface area contributed by atoms with Gasteiger partial charge in [-0.1, -0.05) is 29.3 Å². The van der Waals surface area contributed by atoms with E-state index in [2.05, 4.69) is 20.6 Å². The van der Waals surface area contributed by atoms with Gasteiger partial charge in [0.15, 0.2) is 5.11 Å². The van der Waals surface area contributed by atoms with Crippen LogP contribution in [0.1, 0.15) is 5.56 Å². The largest absolute Gasteiger partial charge is 0.358 e. The van der Waals surface area contributed by atoms with Gasteiger partial charge in [0.05, 0.1) is 21.4 Å². The average Bonchev–Trinajstić information content (AvgIpc) is 2.67. The second-order valence-electron chi connectivity index (χ2n) is 5.41. The molecule has 0 aliphatic rings. The highest BCUT2D eigenvalue weighted by Gasteiger charge is 2.12. The highest BCUT2D eigenvalue weighted by atomic mass is 35.5. The van der Waals surface area contributed by atoms with Crippen LogP contribution < -0.4 is 10.6 Å². The Balaban J connectivity index is 1.72. The van der Waals surface area contributed by atoms with E-state index in [9.17, 15) is 8.78 Å². The molecule has 1 aromatic carbocycles. The first-order valence-corrected chi connectivity index (χ1v) is 8.86. The van der Waals surface area contributed by atoms with Gasteiger partial charge in [0.1, 0.15) is 5.82 Å². The summed E-state index contributed by atoms with van der Waals surface area (Å²) in [6, 6.07) is 9.22. The maximum absolute atomic E-state index is 13.4. The van der Waals surface area contributed by atoms with Crippen LogP contribution in [-0.2, 0) is 6.54 Å². The number of pyridine rings is 2. The number of benzene rings is 1. The lowest BCUT2D eigenvalue weighted by Gasteiger charge is -2.14. The van der Waals surface area contributed by atoms with Gasteiger partial charge >= 0.3 is 0 Å². The molecule has 2 heterocycles. The minimum Gasteiger partial charge on any atom is -0.358 e. The summed E-state index contributed by atoms with van der Waals surface area (Å²) in [5.74, 6) is -1.20. The molecule has 0 bridgehead atoms. The number of halogens is 4. The fourth-order valence-electron chi connectivity index (χ4n) is 2.36. The maximum atomic E-state index is 13.4. The summed E-state index contributed by atoms with van der Waals surface area (Å²) in [5.41, 5.74) is 2.39. The first-order valence-electron chi connectivity index (χ1n) is 7.70. The van der Waals surface area contributed by atoms with Crippen molar-refractivity contribution in [1.29, 1.82) is 0 Å². The molecule has 0 spiro atoms. The van der Waals surface area contributed by atoms with Crippen molar-refractivity contribution in [1.82, 2.24) is 15.3 Å². The molecule has 4 nitrogen and oxygen atoms in total. The molecule has 3 aromatic rings. The topological polar surface area (TPSA) is 49.8 Å². The van der Waals surface area contributed by atoms with Crippen molar-refractivity contribution in [3.63, 3.8) is 0 Å². The highest BCUT2D eigenvalue weighted by molar-refractivity contribution is 7.80. The van der Waals surface area contributed by atoms with Crippen LogP contribution in [0.2, 0.25) is 10.0 Å². The molecular formula is C18H12Cl2F2N4S. The van der Waals surface area contributed by atoms with Crippen LogP contribution in [0.5, 0.6) is 0 Å². The van der Waals surface area contributed by atoms with E-state index in [0.717, 1.165) is 5.56 Å². The van der Waals surface area contributed by atoms with E-state index in [1.165, 1.54) is 24.4 Å². The molecule has 0 radical (unpaired) electrons. The monoisotopic (exact) mass is 424 g/mol. The van der Waals surface area contributed by atoms with Gasteiger partial charge in [0.25, 0.3) is 0 Å². The molecule has 0 atom stereocenters. The lowest BCUT2D eigenvalue weighted by Crippen LogP contribution is -2.28. The van der Waals surface area contributed by atoms with Gasteiger partial charge < -0.3 is 10.6 Å². The van der Waals surface area contributed by atoms with Crippen LogP contribution in [0.25, 0.3) is 11.3 Å². The summed E-state index contributed by atoms with van der Waals surface area (Å²) >= 11 is 17.0. The van der Waals surface area contributed by atoms with Crippen molar-refractivity contribution >= 4 is 46.2 Å². The fourth-order valence-corrected chi connectivity index (χ4v) is 2.90. The van der Waals surface area contributed by atoms with Crippen molar-refractivity contribution in [2.24, 2.45) is 0 Å². The number of hydrogen-bond acceptors (Lipinski definition) is 3. The Bertz CT molecular complexity index is 1000. The predicted molar refractivity (Wildman–Crippen MR) is 107 cm³/mol. The van der Waals surface area contributed by atoms with Crippen LogP contribution in [-0.4, -0.2) is 15.1 Å². The third kappa shape index (κ3) is 4.68. The Hall–Kier alpha value is -2.35. The highest BCUT2D eigenvalue weighted by Crippen LogP contribution is 2.32. The number of aromatic nitrogens is 2. The zero-order valence-electron chi connectivity index (χ0n) is 13.6. The second-order valence-corrected chi connectivity index (χ2v) is 6.57. The Kier molecular flexibility index (Phi) is 6.15. The van der Waals surface area contributed by atoms with Crippen molar-refractivity contribution in [2.75, 3.05) is 5.32 Å². The van der Waals surface area contributed by atoms with Crippen LogP contribution in [0.3, 0.4) is 0 Å². The number of nitrogens with one attached hydrogen (secondary N) is 2. The molecule has 138 valence electrons. The van der Waals surface area contributed by atoms with E-state index in [0.29, 0.717) is 23.5 Å². The quantitative estimate of drug-likeness (QED) is 0.341. The third-order valence-corrected chi connectivity index (χ3v) is 4.72. The molecule has 0 amide bonds. The molecule has 2 aromatic heterocycles. The average molecular weight is 425 g/mol. The first-order chi connectivity index (χ1) is 13.0. The van der Waals surface area contributed by atoms with Crippen molar-refractivity contribution in [2.45, 2.75) is 6.54 Å². The predicted octanol–water partition coefficient (Wildman–Crippen LogP) is 5.22. The molecule has 9 heteroatoms. The molecule has 27 heavy (non-hydrogen) atoms.